The second kappa shape index (κ2) is 5.28. The lowest BCUT2D eigenvalue weighted by molar-refractivity contribution is 0.0702. The van der Waals surface area contributed by atoms with Gasteiger partial charge in [0.05, 0.1) is 15.0 Å². The van der Waals surface area contributed by atoms with Crippen LogP contribution in [0.5, 0.6) is 0 Å². The van der Waals surface area contributed by atoms with Crippen LogP contribution in [0.2, 0.25) is 0 Å². The number of pyridine rings is 1. The number of aromatic nitrogens is 1. The van der Waals surface area contributed by atoms with Crippen molar-refractivity contribution in [3.63, 3.8) is 0 Å². The SMILES string of the molecule is O=C(O)c1ccc(C(=O)Nc2ccncc2Br)s1. The predicted molar refractivity (Wildman–Crippen MR) is 71.2 cm³/mol. The first-order valence-corrected chi connectivity index (χ1v) is 6.43. The highest BCUT2D eigenvalue weighted by atomic mass is 79.9. The Morgan fingerprint density at radius 2 is 2.00 bits per heavy atom. The van der Waals surface area contributed by atoms with Gasteiger partial charge in [-0.25, -0.2) is 4.79 Å². The second-order valence-corrected chi connectivity index (χ2v) is 5.22. The minimum Gasteiger partial charge on any atom is -0.477 e. The maximum Gasteiger partial charge on any atom is 0.345 e. The molecule has 0 atom stereocenters. The summed E-state index contributed by atoms with van der Waals surface area (Å²) >= 11 is 4.19. The zero-order valence-corrected chi connectivity index (χ0v) is 11.3. The number of carboxylic acid groups (broad SMARTS) is 1. The topological polar surface area (TPSA) is 79.3 Å². The summed E-state index contributed by atoms with van der Waals surface area (Å²) in [5, 5.41) is 11.4. The molecule has 0 saturated carbocycles. The number of amides is 1. The van der Waals surface area contributed by atoms with E-state index >= 15 is 0 Å². The molecule has 0 saturated heterocycles. The average Bonchev–Trinajstić information content (AvgIpc) is 2.81. The highest BCUT2D eigenvalue weighted by molar-refractivity contribution is 9.10. The van der Waals surface area contributed by atoms with E-state index in [0.29, 0.717) is 15.0 Å². The monoisotopic (exact) mass is 326 g/mol. The lowest BCUT2D eigenvalue weighted by Gasteiger charge is -2.04. The van der Waals surface area contributed by atoms with Crippen molar-refractivity contribution in [2.45, 2.75) is 0 Å². The Balaban J connectivity index is 2.17. The molecule has 0 unspecified atom stereocenters. The van der Waals surface area contributed by atoms with Gasteiger partial charge in [-0.1, -0.05) is 0 Å². The van der Waals surface area contributed by atoms with Gasteiger partial charge in [-0.05, 0) is 34.1 Å². The molecule has 0 aliphatic heterocycles. The van der Waals surface area contributed by atoms with Crippen molar-refractivity contribution in [1.29, 1.82) is 0 Å². The third-order valence-electron chi connectivity index (χ3n) is 2.06. The van der Waals surface area contributed by atoms with Gasteiger partial charge < -0.3 is 10.4 Å². The Morgan fingerprint density at radius 3 is 2.61 bits per heavy atom. The summed E-state index contributed by atoms with van der Waals surface area (Å²) in [7, 11) is 0. The Kier molecular flexibility index (Phi) is 3.73. The molecule has 5 nitrogen and oxygen atoms in total. The number of anilines is 1. The third kappa shape index (κ3) is 2.74. The van der Waals surface area contributed by atoms with Gasteiger partial charge in [-0.2, -0.15) is 0 Å². The zero-order chi connectivity index (χ0) is 13.1. The normalized spacial score (nSPS) is 10.1. The molecule has 92 valence electrons. The summed E-state index contributed by atoms with van der Waals surface area (Å²) in [4.78, 5) is 26.9. The average molecular weight is 327 g/mol. The maximum absolute atomic E-state index is 11.9. The Hall–Kier alpha value is -1.73. The van der Waals surface area contributed by atoms with Crippen LogP contribution in [0, 0.1) is 0 Å². The van der Waals surface area contributed by atoms with Crippen molar-refractivity contribution < 1.29 is 14.7 Å². The fourth-order valence-electron chi connectivity index (χ4n) is 1.24. The van der Waals surface area contributed by atoms with Crippen LogP contribution in [-0.4, -0.2) is 22.0 Å². The minimum atomic E-state index is -1.04. The first-order valence-electron chi connectivity index (χ1n) is 4.82. The van der Waals surface area contributed by atoms with Crippen LogP contribution in [0.15, 0.2) is 35.1 Å². The van der Waals surface area contributed by atoms with Crippen LogP contribution in [-0.2, 0) is 0 Å². The second-order valence-electron chi connectivity index (χ2n) is 3.28. The van der Waals surface area contributed by atoms with Crippen molar-refractivity contribution in [3.8, 4) is 0 Å². The van der Waals surface area contributed by atoms with Crippen molar-refractivity contribution in [1.82, 2.24) is 4.98 Å². The molecule has 2 heterocycles. The standard InChI is InChI=1S/C11H7BrN2O3S/c12-6-5-13-4-3-7(6)14-10(15)8-1-2-9(18-8)11(16)17/h1-5H,(H,16,17)(H,13,14,15). The van der Waals surface area contributed by atoms with Gasteiger partial charge in [0.2, 0.25) is 0 Å². The van der Waals surface area contributed by atoms with Crippen molar-refractivity contribution in [2.24, 2.45) is 0 Å². The summed E-state index contributed by atoms with van der Waals surface area (Å²) in [5.41, 5.74) is 0.584. The van der Waals surface area contributed by atoms with E-state index < -0.39 is 5.97 Å². The first-order chi connectivity index (χ1) is 8.58. The Morgan fingerprint density at radius 1 is 1.28 bits per heavy atom. The number of nitrogens with zero attached hydrogens (tertiary/aromatic N) is 1. The number of aromatic carboxylic acids is 1. The van der Waals surface area contributed by atoms with Crippen LogP contribution in [0.1, 0.15) is 19.3 Å². The zero-order valence-electron chi connectivity index (χ0n) is 8.88. The molecule has 0 spiro atoms. The Bertz CT molecular complexity index is 612. The van der Waals surface area contributed by atoms with Gasteiger partial charge in [-0.15, -0.1) is 11.3 Å². The van der Waals surface area contributed by atoms with E-state index in [9.17, 15) is 9.59 Å². The van der Waals surface area contributed by atoms with Gasteiger partial charge in [0, 0.05) is 12.4 Å². The highest BCUT2D eigenvalue weighted by Gasteiger charge is 2.13. The van der Waals surface area contributed by atoms with Crippen LogP contribution in [0.25, 0.3) is 0 Å². The number of carboxylic acids is 1. The first kappa shape index (κ1) is 12.7. The predicted octanol–water partition coefficient (Wildman–Crippen LogP) is 2.86. The highest BCUT2D eigenvalue weighted by Crippen LogP contribution is 2.22. The lowest BCUT2D eigenvalue weighted by Crippen LogP contribution is -2.10. The molecule has 2 rings (SSSR count). The molecule has 2 aromatic heterocycles. The number of thiophene rings is 1. The third-order valence-corrected chi connectivity index (χ3v) is 3.77. The van der Waals surface area contributed by atoms with E-state index in [1.807, 2.05) is 0 Å². The van der Waals surface area contributed by atoms with Crippen molar-refractivity contribution in [2.75, 3.05) is 5.32 Å². The molecular formula is C11H7BrN2O3S. The molecule has 0 bridgehead atoms. The maximum atomic E-state index is 11.9. The van der Waals surface area contributed by atoms with E-state index in [1.165, 1.54) is 12.1 Å². The molecular weight excluding hydrogens is 320 g/mol. The number of halogens is 1. The summed E-state index contributed by atoms with van der Waals surface area (Å²) in [6, 6.07) is 4.54. The van der Waals surface area contributed by atoms with Gasteiger partial charge in [0.25, 0.3) is 5.91 Å². The fraction of sp³-hybridized carbons (Fsp3) is 0. The number of carbonyl (C=O) groups excluding carboxylic acids is 1. The largest absolute Gasteiger partial charge is 0.477 e. The molecule has 0 aromatic carbocycles. The van der Waals surface area contributed by atoms with Crippen LogP contribution >= 0.6 is 27.3 Å². The van der Waals surface area contributed by atoms with E-state index in [4.69, 9.17) is 5.11 Å². The number of rotatable bonds is 3. The van der Waals surface area contributed by atoms with Crippen LogP contribution in [0.4, 0.5) is 5.69 Å². The molecule has 1 amide bonds. The van der Waals surface area contributed by atoms with Gasteiger partial charge >= 0.3 is 5.97 Å². The summed E-state index contributed by atoms with van der Waals surface area (Å²) in [6.07, 6.45) is 3.12. The summed E-state index contributed by atoms with van der Waals surface area (Å²) < 4.78 is 0.661. The fourth-order valence-corrected chi connectivity index (χ4v) is 2.32. The number of hydrogen-bond donors (Lipinski definition) is 2. The Labute approximate surface area is 115 Å². The molecule has 0 radical (unpaired) electrons. The quantitative estimate of drug-likeness (QED) is 0.908. The molecule has 0 aliphatic rings. The van der Waals surface area contributed by atoms with Gasteiger partial charge in [-0.3, -0.25) is 9.78 Å². The molecule has 2 N–H and O–H groups in total. The van der Waals surface area contributed by atoms with Gasteiger partial charge in [0.1, 0.15) is 4.88 Å². The molecule has 18 heavy (non-hydrogen) atoms. The summed E-state index contributed by atoms with van der Waals surface area (Å²) in [6.45, 7) is 0. The van der Waals surface area contributed by atoms with E-state index in [1.54, 1.807) is 18.5 Å². The molecule has 7 heteroatoms. The van der Waals surface area contributed by atoms with Crippen LogP contribution < -0.4 is 5.32 Å². The number of carbonyl (C=O) groups is 2. The summed E-state index contributed by atoms with van der Waals surface area (Å²) in [5.74, 6) is -1.39. The molecule has 2 aromatic rings. The lowest BCUT2D eigenvalue weighted by atomic mass is 10.3. The minimum absolute atomic E-state index is 0.133. The number of nitrogens with one attached hydrogen (secondary N) is 1. The smallest absolute Gasteiger partial charge is 0.345 e. The van der Waals surface area contributed by atoms with E-state index in [2.05, 4.69) is 26.2 Å². The van der Waals surface area contributed by atoms with E-state index in [0.717, 1.165) is 11.3 Å². The van der Waals surface area contributed by atoms with E-state index in [-0.39, 0.29) is 10.8 Å². The van der Waals surface area contributed by atoms with Crippen molar-refractivity contribution in [3.05, 3.63) is 44.8 Å². The number of hydrogen-bond acceptors (Lipinski definition) is 4. The van der Waals surface area contributed by atoms with Crippen molar-refractivity contribution >= 4 is 44.8 Å². The van der Waals surface area contributed by atoms with Gasteiger partial charge in [0.15, 0.2) is 0 Å². The molecule has 0 fully saturated rings. The van der Waals surface area contributed by atoms with Crippen LogP contribution in [0.3, 0.4) is 0 Å². The molecule has 0 aliphatic carbocycles.